The molecule has 2 rings (SSSR count). The Bertz CT molecular complexity index is 618. The van der Waals surface area contributed by atoms with E-state index in [1.54, 1.807) is 26.0 Å². The van der Waals surface area contributed by atoms with Crippen LogP contribution in [0.25, 0.3) is 0 Å². The van der Waals surface area contributed by atoms with E-state index >= 15 is 0 Å². The first-order chi connectivity index (χ1) is 10.3. The SMILES string of the molecule is CC(=O)NC(C(=O)ON1C(=O)c2ccccc2C1=O)C(C)C. The first kappa shape index (κ1) is 15.7. The third-order valence-electron chi connectivity index (χ3n) is 3.22. The second-order valence-electron chi connectivity index (χ2n) is 5.28. The maximum atomic E-state index is 12.1. The van der Waals surface area contributed by atoms with Crippen molar-refractivity contribution in [2.45, 2.75) is 26.8 Å². The van der Waals surface area contributed by atoms with Crippen molar-refractivity contribution >= 4 is 23.7 Å². The summed E-state index contributed by atoms with van der Waals surface area (Å²) in [6, 6.07) is 5.25. The van der Waals surface area contributed by atoms with Crippen molar-refractivity contribution in [3.63, 3.8) is 0 Å². The molecule has 0 aliphatic carbocycles. The van der Waals surface area contributed by atoms with Crippen LogP contribution in [0.3, 0.4) is 0 Å². The summed E-state index contributed by atoms with van der Waals surface area (Å²) in [5.74, 6) is -2.91. The summed E-state index contributed by atoms with van der Waals surface area (Å²) in [6.45, 7) is 4.69. The lowest BCUT2D eigenvalue weighted by Crippen LogP contribution is -2.47. The number of hydroxylamine groups is 2. The monoisotopic (exact) mass is 304 g/mol. The molecule has 1 N–H and O–H groups in total. The predicted octanol–water partition coefficient (Wildman–Crippen LogP) is 0.901. The Hall–Kier alpha value is -2.70. The molecule has 3 amide bonds. The van der Waals surface area contributed by atoms with Crippen LogP contribution in [0, 0.1) is 5.92 Å². The quantitative estimate of drug-likeness (QED) is 0.834. The normalized spacial score (nSPS) is 14.8. The molecular weight excluding hydrogens is 288 g/mol. The minimum atomic E-state index is -0.943. The molecule has 1 heterocycles. The molecule has 7 nitrogen and oxygen atoms in total. The summed E-state index contributed by atoms with van der Waals surface area (Å²) in [6.07, 6.45) is 0. The van der Waals surface area contributed by atoms with E-state index in [0.717, 1.165) is 0 Å². The van der Waals surface area contributed by atoms with Crippen molar-refractivity contribution in [1.29, 1.82) is 0 Å². The third-order valence-corrected chi connectivity index (χ3v) is 3.22. The number of carbonyl (C=O) groups is 4. The molecule has 1 aliphatic rings. The van der Waals surface area contributed by atoms with Gasteiger partial charge in [-0.05, 0) is 18.1 Å². The Morgan fingerprint density at radius 1 is 1.09 bits per heavy atom. The summed E-state index contributed by atoms with van der Waals surface area (Å²) in [5, 5.41) is 2.88. The molecule has 0 spiro atoms. The molecule has 1 atom stereocenters. The van der Waals surface area contributed by atoms with Gasteiger partial charge < -0.3 is 10.2 Å². The van der Waals surface area contributed by atoms with Gasteiger partial charge in [-0.15, -0.1) is 0 Å². The van der Waals surface area contributed by atoms with Gasteiger partial charge in [0.1, 0.15) is 6.04 Å². The van der Waals surface area contributed by atoms with Crippen LogP contribution in [-0.4, -0.2) is 34.8 Å². The minimum absolute atomic E-state index is 0.181. The largest absolute Gasteiger partial charge is 0.355 e. The molecule has 1 aliphatic heterocycles. The van der Waals surface area contributed by atoms with E-state index in [1.165, 1.54) is 19.1 Å². The van der Waals surface area contributed by atoms with Crippen LogP contribution in [0.2, 0.25) is 0 Å². The van der Waals surface area contributed by atoms with Gasteiger partial charge in [0.25, 0.3) is 11.8 Å². The molecule has 116 valence electrons. The summed E-state index contributed by atoms with van der Waals surface area (Å²) in [5.41, 5.74) is 0.363. The third kappa shape index (κ3) is 2.83. The maximum absolute atomic E-state index is 12.1. The van der Waals surface area contributed by atoms with E-state index in [9.17, 15) is 19.2 Å². The molecule has 0 fully saturated rings. The molecule has 0 aromatic heterocycles. The fourth-order valence-corrected chi connectivity index (χ4v) is 2.11. The Labute approximate surface area is 127 Å². The fourth-order valence-electron chi connectivity index (χ4n) is 2.11. The molecule has 0 saturated carbocycles. The van der Waals surface area contributed by atoms with E-state index in [2.05, 4.69) is 5.32 Å². The molecule has 1 aromatic carbocycles. The van der Waals surface area contributed by atoms with Crippen molar-refractivity contribution in [2.75, 3.05) is 0 Å². The van der Waals surface area contributed by atoms with Crippen LogP contribution >= 0.6 is 0 Å². The smallest absolute Gasteiger partial charge is 0.343 e. The summed E-state index contributed by atoms with van der Waals surface area (Å²) < 4.78 is 0. The average molecular weight is 304 g/mol. The van der Waals surface area contributed by atoms with Crippen LogP contribution < -0.4 is 5.32 Å². The van der Waals surface area contributed by atoms with E-state index < -0.39 is 29.7 Å². The highest BCUT2D eigenvalue weighted by molar-refractivity contribution is 6.20. The van der Waals surface area contributed by atoms with Crippen LogP contribution in [0.15, 0.2) is 24.3 Å². The number of hydrogen-bond acceptors (Lipinski definition) is 5. The predicted molar refractivity (Wildman–Crippen MR) is 75.5 cm³/mol. The molecule has 0 bridgehead atoms. The Morgan fingerprint density at radius 2 is 1.59 bits per heavy atom. The van der Waals surface area contributed by atoms with Gasteiger partial charge in [-0.1, -0.05) is 31.0 Å². The molecule has 7 heteroatoms. The number of carbonyl (C=O) groups excluding carboxylic acids is 4. The standard InChI is InChI=1S/C15H16N2O5/c1-8(2)12(16-9(3)18)15(21)22-17-13(19)10-6-4-5-7-11(10)14(17)20/h4-8,12H,1-3H3,(H,16,18). The zero-order valence-corrected chi connectivity index (χ0v) is 12.5. The van der Waals surface area contributed by atoms with Gasteiger partial charge in [-0.2, -0.15) is 0 Å². The number of fused-ring (bicyclic) bond motifs is 1. The van der Waals surface area contributed by atoms with E-state index in [1.807, 2.05) is 0 Å². The van der Waals surface area contributed by atoms with Gasteiger partial charge in [0, 0.05) is 6.92 Å². The molecule has 22 heavy (non-hydrogen) atoms. The zero-order valence-electron chi connectivity index (χ0n) is 12.5. The number of benzene rings is 1. The summed E-state index contributed by atoms with van der Waals surface area (Å²) >= 11 is 0. The lowest BCUT2D eigenvalue weighted by molar-refractivity contribution is -0.173. The van der Waals surface area contributed by atoms with Gasteiger partial charge in [-0.3, -0.25) is 14.4 Å². The van der Waals surface area contributed by atoms with Gasteiger partial charge >= 0.3 is 5.97 Å². The lowest BCUT2D eigenvalue weighted by atomic mass is 10.1. The van der Waals surface area contributed by atoms with Crippen LogP contribution in [0.5, 0.6) is 0 Å². The van der Waals surface area contributed by atoms with Crippen molar-refractivity contribution in [2.24, 2.45) is 5.92 Å². The summed E-state index contributed by atoms with van der Waals surface area (Å²) in [4.78, 5) is 52.4. The maximum Gasteiger partial charge on any atom is 0.355 e. The number of imide groups is 1. The van der Waals surface area contributed by atoms with Gasteiger partial charge in [0.2, 0.25) is 5.91 Å². The van der Waals surface area contributed by atoms with Gasteiger partial charge in [0.05, 0.1) is 11.1 Å². The van der Waals surface area contributed by atoms with E-state index in [0.29, 0.717) is 5.06 Å². The van der Waals surface area contributed by atoms with E-state index in [-0.39, 0.29) is 17.0 Å². The average Bonchev–Trinajstić information content (AvgIpc) is 2.70. The topological polar surface area (TPSA) is 92.8 Å². The second-order valence-corrected chi connectivity index (χ2v) is 5.28. The first-order valence-corrected chi connectivity index (χ1v) is 6.79. The summed E-state index contributed by atoms with van der Waals surface area (Å²) in [7, 11) is 0. The van der Waals surface area contributed by atoms with Crippen molar-refractivity contribution in [1.82, 2.24) is 10.4 Å². The number of nitrogens with zero attached hydrogens (tertiary/aromatic N) is 1. The lowest BCUT2D eigenvalue weighted by Gasteiger charge is -2.22. The molecular formula is C15H16N2O5. The second kappa shape index (κ2) is 5.97. The molecule has 0 saturated heterocycles. The number of hydrogen-bond donors (Lipinski definition) is 1. The van der Waals surface area contributed by atoms with Crippen molar-refractivity contribution < 1.29 is 24.0 Å². The van der Waals surface area contributed by atoms with Gasteiger partial charge in [0.15, 0.2) is 0 Å². The first-order valence-electron chi connectivity index (χ1n) is 6.79. The molecule has 1 aromatic rings. The molecule has 0 radical (unpaired) electrons. The Morgan fingerprint density at radius 3 is 2.00 bits per heavy atom. The highest BCUT2D eigenvalue weighted by atomic mass is 16.7. The molecule has 1 unspecified atom stereocenters. The highest BCUT2D eigenvalue weighted by Crippen LogP contribution is 2.23. The van der Waals surface area contributed by atoms with Gasteiger partial charge in [-0.25, -0.2) is 4.79 Å². The minimum Gasteiger partial charge on any atom is -0.343 e. The Balaban J connectivity index is 2.17. The van der Waals surface area contributed by atoms with Crippen molar-refractivity contribution in [3.05, 3.63) is 35.4 Å². The van der Waals surface area contributed by atoms with Crippen molar-refractivity contribution in [3.8, 4) is 0 Å². The van der Waals surface area contributed by atoms with E-state index in [4.69, 9.17) is 4.84 Å². The number of nitrogens with one attached hydrogen (secondary N) is 1. The number of amides is 3. The van der Waals surface area contributed by atoms with Crippen LogP contribution in [0.1, 0.15) is 41.5 Å². The number of rotatable bonds is 4. The Kier molecular flexibility index (Phi) is 4.25. The highest BCUT2D eigenvalue weighted by Gasteiger charge is 2.40. The fraction of sp³-hybridized carbons (Fsp3) is 0.333. The van der Waals surface area contributed by atoms with Crippen LogP contribution in [0.4, 0.5) is 0 Å². The van der Waals surface area contributed by atoms with Crippen LogP contribution in [-0.2, 0) is 14.4 Å². The zero-order chi connectivity index (χ0) is 16.4.